The molecular weight excluding hydrogens is 344 g/mol. The molecule has 0 bridgehead atoms. The molecule has 5 rings (SSSR count). The zero-order chi connectivity index (χ0) is 17.5. The zero-order valence-corrected chi connectivity index (χ0v) is 15.5. The number of halogens is 1. The molecule has 2 unspecified atom stereocenters. The molecule has 3 nitrogen and oxygen atoms in total. The van der Waals surface area contributed by atoms with Gasteiger partial charge in [0.15, 0.2) is 0 Å². The summed E-state index contributed by atoms with van der Waals surface area (Å²) in [4.78, 5) is 6.36. The van der Waals surface area contributed by atoms with Gasteiger partial charge in [-0.2, -0.15) is 0 Å². The molecule has 0 aliphatic carbocycles. The highest BCUT2D eigenvalue weighted by molar-refractivity contribution is 6.31. The van der Waals surface area contributed by atoms with Gasteiger partial charge in [0.1, 0.15) is 0 Å². The van der Waals surface area contributed by atoms with Crippen molar-refractivity contribution in [1.29, 1.82) is 0 Å². The number of aromatic nitrogens is 1. The van der Waals surface area contributed by atoms with Crippen molar-refractivity contribution < 1.29 is 4.74 Å². The van der Waals surface area contributed by atoms with E-state index >= 15 is 0 Å². The molecule has 2 aromatic carbocycles. The van der Waals surface area contributed by atoms with Crippen molar-refractivity contribution in [2.75, 3.05) is 19.8 Å². The van der Waals surface area contributed by atoms with Crippen LogP contribution >= 0.6 is 11.6 Å². The lowest BCUT2D eigenvalue weighted by Crippen LogP contribution is -2.39. The number of nitrogens with zero attached hydrogens (tertiary/aromatic N) is 1. The minimum atomic E-state index is 0.382. The number of rotatable bonds is 3. The SMILES string of the molecule is Clc1ccc2[nH]c3c(c2c1)CCN(Cc1ccccc1)C3C1CCOC1. The predicted octanol–water partition coefficient (Wildman–Crippen LogP) is 4.96. The van der Waals surface area contributed by atoms with Crippen LogP contribution in [0.15, 0.2) is 48.5 Å². The fourth-order valence-electron chi connectivity index (χ4n) is 4.67. The van der Waals surface area contributed by atoms with Gasteiger partial charge in [-0.25, -0.2) is 0 Å². The van der Waals surface area contributed by atoms with E-state index in [1.54, 1.807) is 0 Å². The maximum absolute atomic E-state index is 6.27. The van der Waals surface area contributed by atoms with Crippen LogP contribution < -0.4 is 0 Å². The predicted molar refractivity (Wildman–Crippen MR) is 106 cm³/mol. The normalized spacial score (nSPS) is 23.4. The Balaban J connectivity index is 1.57. The van der Waals surface area contributed by atoms with Gasteiger partial charge in [0.05, 0.1) is 12.6 Å². The second-order valence-corrected chi connectivity index (χ2v) is 7.92. The Kier molecular flexibility index (Phi) is 4.24. The highest BCUT2D eigenvalue weighted by atomic mass is 35.5. The average Bonchev–Trinajstić information content (AvgIpc) is 3.30. The number of hydrogen-bond donors (Lipinski definition) is 1. The van der Waals surface area contributed by atoms with Crippen LogP contribution in [0, 0.1) is 5.92 Å². The second-order valence-electron chi connectivity index (χ2n) is 7.48. The van der Waals surface area contributed by atoms with E-state index in [2.05, 4.69) is 52.3 Å². The largest absolute Gasteiger partial charge is 0.381 e. The summed E-state index contributed by atoms with van der Waals surface area (Å²) in [6.45, 7) is 3.79. The molecule has 0 amide bonds. The van der Waals surface area contributed by atoms with Crippen LogP contribution in [0.2, 0.25) is 5.02 Å². The molecule has 0 radical (unpaired) electrons. The lowest BCUT2D eigenvalue weighted by atomic mass is 9.87. The van der Waals surface area contributed by atoms with Gasteiger partial charge in [-0.3, -0.25) is 4.90 Å². The lowest BCUT2D eigenvalue weighted by molar-refractivity contribution is 0.102. The van der Waals surface area contributed by atoms with Gasteiger partial charge < -0.3 is 9.72 Å². The molecule has 1 fully saturated rings. The van der Waals surface area contributed by atoms with Gasteiger partial charge in [0.2, 0.25) is 0 Å². The molecule has 26 heavy (non-hydrogen) atoms. The van der Waals surface area contributed by atoms with E-state index in [4.69, 9.17) is 16.3 Å². The smallest absolute Gasteiger partial charge is 0.0556 e. The van der Waals surface area contributed by atoms with Gasteiger partial charge in [-0.15, -0.1) is 0 Å². The summed E-state index contributed by atoms with van der Waals surface area (Å²) in [7, 11) is 0. The van der Waals surface area contributed by atoms with Crippen molar-refractivity contribution >= 4 is 22.5 Å². The van der Waals surface area contributed by atoms with Crippen molar-refractivity contribution in [2.24, 2.45) is 5.92 Å². The molecule has 1 aromatic heterocycles. The first-order valence-electron chi connectivity index (χ1n) is 9.45. The topological polar surface area (TPSA) is 28.3 Å². The van der Waals surface area contributed by atoms with E-state index in [0.29, 0.717) is 12.0 Å². The Morgan fingerprint density at radius 1 is 1.15 bits per heavy atom. The molecule has 3 aromatic rings. The van der Waals surface area contributed by atoms with Crippen LogP contribution in [0.3, 0.4) is 0 Å². The molecule has 0 spiro atoms. The highest BCUT2D eigenvalue weighted by Crippen LogP contribution is 2.42. The molecule has 0 saturated carbocycles. The second kappa shape index (κ2) is 6.73. The Morgan fingerprint density at radius 2 is 2.04 bits per heavy atom. The van der Waals surface area contributed by atoms with Gasteiger partial charge in [-0.1, -0.05) is 41.9 Å². The van der Waals surface area contributed by atoms with Crippen molar-refractivity contribution in [3.05, 3.63) is 70.4 Å². The summed E-state index contributed by atoms with van der Waals surface area (Å²) in [5, 5.41) is 2.10. The van der Waals surface area contributed by atoms with Crippen molar-refractivity contribution in [1.82, 2.24) is 9.88 Å². The molecule has 2 aliphatic rings. The number of aromatic amines is 1. The first kappa shape index (κ1) is 16.4. The number of H-pyrrole nitrogens is 1. The molecule has 2 aliphatic heterocycles. The Morgan fingerprint density at radius 3 is 2.85 bits per heavy atom. The average molecular weight is 367 g/mol. The molecule has 2 atom stereocenters. The first-order valence-corrected chi connectivity index (χ1v) is 9.83. The zero-order valence-electron chi connectivity index (χ0n) is 14.7. The Bertz CT molecular complexity index is 915. The van der Waals surface area contributed by atoms with Crippen LogP contribution in [0.5, 0.6) is 0 Å². The third kappa shape index (κ3) is 2.84. The van der Waals surface area contributed by atoms with Crippen LogP contribution in [0.1, 0.15) is 29.3 Å². The highest BCUT2D eigenvalue weighted by Gasteiger charge is 2.37. The molecule has 3 heterocycles. The van der Waals surface area contributed by atoms with Crippen molar-refractivity contribution in [3.8, 4) is 0 Å². The molecule has 4 heteroatoms. The Labute approximate surface area is 158 Å². The van der Waals surface area contributed by atoms with Gasteiger partial charge in [0, 0.05) is 47.2 Å². The minimum absolute atomic E-state index is 0.382. The fourth-order valence-corrected chi connectivity index (χ4v) is 4.84. The van der Waals surface area contributed by atoms with Crippen LogP contribution in [-0.2, 0) is 17.7 Å². The van der Waals surface area contributed by atoms with Crippen LogP contribution in [-0.4, -0.2) is 29.6 Å². The number of fused-ring (bicyclic) bond motifs is 3. The summed E-state index contributed by atoms with van der Waals surface area (Å²) in [5.74, 6) is 0.543. The van der Waals surface area contributed by atoms with Gasteiger partial charge in [-0.05, 0) is 42.2 Å². The maximum atomic E-state index is 6.27. The fraction of sp³-hybridized carbons (Fsp3) is 0.364. The third-order valence-electron chi connectivity index (χ3n) is 5.88. The monoisotopic (exact) mass is 366 g/mol. The minimum Gasteiger partial charge on any atom is -0.381 e. The maximum Gasteiger partial charge on any atom is 0.0556 e. The summed E-state index contributed by atoms with van der Waals surface area (Å²) in [5.41, 5.74) is 5.40. The van der Waals surface area contributed by atoms with Gasteiger partial charge in [0.25, 0.3) is 0 Å². The van der Waals surface area contributed by atoms with E-state index in [9.17, 15) is 0 Å². The molecule has 134 valence electrons. The number of nitrogens with one attached hydrogen (secondary N) is 1. The molecule has 1 N–H and O–H groups in total. The van der Waals surface area contributed by atoms with E-state index in [1.165, 1.54) is 27.7 Å². The standard InChI is InChI=1S/C22H23ClN2O/c23-17-6-7-20-19(12-17)18-8-10-25(13-15-4-2-1-3-5-15)22(21(18)24-20)16-9-11-26-14-16/h1-7,12,16,22,24H,8-11,13-14H2. The van der Waals surface area contributed by atoms with E-state index in [1.807, 2.05) is 6.07 Å². The van der Waals surface area contributed by atoms with E-state index in [0.717, 1.165) is 44.2 Å². The van der Waals surface area contributed by atoms with E-state index in [-0.39, 0.29) is 0 Å². The van der Waals surface area contributed by atoms with Crippen LogP contribution in [0.4, 0.5) is 0 Å². The summed E-state index contributed by atoms with van der Waals surface area (Å²) < 4.78 is 5.76. The molecular formula is C22H23ClN2O. The van der Waals surface area contributed by atoms with Crippen LogP contribution in [0.25, 0.3) is 10.9 Å². The lowest BCUT2D eigenvalue weighted by Gasteiger charge is -2.39. The summed E-state index contributed by atoms with van der Waals surface area (Å²) >= 11 is 6.27. The van der Waals surface area contributed by atoms with Crippen molar-refractivity contribution in [2.45, 2.75) is 25.4 Å². The quantitative estimate of drug-likeness (QED) is 0.709. The van der Waals surface area contributed by atoms with Crippen molar-refractivity contribution in [3.63, 3.8) is 0 Å². The number of benzene rings is 2. The first-order chi connectivity index (χ1) is 12.8. The summed E-state index contributed by atoms with van der Waals surface area (Å²) in [6, 6.07) is 17.4. The Hall–Kier alpha value is -1.81. The molecule has 1 saturated heterocycles. The third-order valence-corrected chi connectivity index (χ3v) is 6.11. The van der Waals surface area contributed by atoms with E-state index < -0.39 is 0 Å². The van der Waals surface area contributed by atoms with Gasteiger partial charge >= 0.3 is 0 Å². The number of ether oxygens (including phenoxy) is 1. The summed E-state index contributed by atoms with van der Waals surface area (Å²) in [6.07, 6.45) is 2.19. The number of hydrogen-bond acceptors (Lipinski definition) is 2.